The van der Waals surface area contributed by atoms with Gasteiger partial charge in [-0.1, -0.05) is 23.7 Å². The monoisotopic (exact) mass is 298 g/mol. The highest BCUT2D eigenvalue weighted by atomic mass is 35.5. The van der Waals surface area contributed by atoms with Crippen LogP contribution in [0.2, 0.25) is 5.02 Å². The number of ether oxygens (including phenoxy) is 1. The van der Waals surface area contributed by atoms with Crippen LogP contribution in [-0.4, -0.2) is 37.5 Å². The zero-order valence-electron chi connectivity index (χ0n) is 10.9. The summed E-state index contributed by atoms with van der Waals surface area (Å²) in [6.45, 7) is 1.44. The van der Waals surface area contributed by atoms with Crippen LogP contribution in [0.1, 0.15) is 17.3 Å². The molecule has 6 nitrogen and oxygen atoms in total. The van der Waals surface area contributed by atoms with Crippen LogP contribution in [0.5, 0.6) is 0 Å². The molecule has 0 aliphatic rings. The van der Waals surface area contributed by atoms with Gasteiger partial charge in [0, 0.05) is 0 Å². The minimum Gasteiger partial charge on any atom is -0.465 e. The summed E-state index contributed by atoms with van der Waals surface area (Å²) in [6.07, 6.45) is 0. The summed E-state index contributed by atoms with van der Waals surface area (Å²) < 4.78 is 4.64. The molecule has 1 rings (SSSR count). The van der Waals surface area contributed by atoms with Gasteiger partial charge in [0.1, 0.15) is 6.54 Å². The van der Waals surface area contributed by atoms with Crippen molar-refractivity contribution in [2.45, 2.75) is 6.92 Å². The summed E-state index contributed by atoms with van der Waals surface area (Å²) in [4.78, 5) is 34.2. The third-order valence-corrected chi connectivity index (χ3v) is 2.59. The number of halogens is 1. The summed E-state index contributed by atoms with van der Waals surface area (Å²) >= 11 is 5.85. The topological polar surface area (TPSA) is 84.5 Å². The molecule has 0 aliphatic heterocycles. The summed E-state index contributed by atoms with van der Waals surface area (Å²) in [5.74, 6) is -1.47. The van der Waals surface area contributed by atoms with Crippen LogP contribution >= 0.6 is 11.6 Å². The number of hydrogen-bond acceptors (Lipinski definition) is 4. The Morgan fingerprint density at radius 2 is 1.85 bits per heavy atom. The molecule has 20 heavy (non-hydrogen) atoms. The van der Waals surface area contributed by atoms with E-state index in [-0.39, 0.29) is 25.3 Å². The fraction of sp³-hybridized carbons (Fsp3) is 0.308. The van der Waals surface area contributed by atoms with Gasteiger partial charge in [0.25, 0.3) is 5.91 Å². The molecule has 0 aromatic heterocycles. The van der Waals surface area contributed by atoms with E-state index < -0.39 is 17.8 Å². The zero-order valence-corrected chi connectivity index (χ0v) is 11.7. The zero-order chi connectivity index (χ0) is 15.0. The maximum Gasteiger partial charge on any atom is 0.325 e. The first kappa shape index (κ1) is 16.0. The predicted octanol–water partition coefficient (Wildman–Crippen LogP) is 0.749. The molecule has 7 heteroatoms. The fourth-order valence-corrected chi connectivity index (χ4v) is 1.57. The first-order chi connectivity index (χ1) is 9.54. The van der Waals surface area contributed by atoms with E-state index in [0.717, 1.165) is 0 Å². The van der Waals surface area contributed by atoms with Crippen LogP contribution in [0.15, 0.2) is 24.3 Å². The second-order valence-corrected chi connectivity index (χ2v) is 4.15. The van der Waals surface area contributed by atoms with E-state index in [1.807, 2.05) is 0 Å². The van der Waals surface area contributed by atoms with E-state index in [2.05, 4.69) is 15.4 Å². The second kappa shape index (κ2) is 8.16. The van der Waals surface area contributed by atoms with Gasteiger partial charge in [-0.05, 0) is 19.1 Å². The fourth-order valence-electron chi connectivity index (χ4n) is 1.35. The van der Waals surface area contributed by atoms with Crippen LogP contribution in [-0.2, 0) is 14.3 Å². The first-order valence-electron chi connectivity index (χ1n) is 5.99. The molecule has 0 bridgehead atoms. The predicted molar refractivity (Wildman–Crippen MR) is 73.4 cm³/mol. The lowest BCUT2D eigenvalue weighted by Gasteiger charge is -2.07. The van der Waals surface area contributed by atoms with Crippen molar-refractivity contribution in [1.29, 1.82) is 0 Å². The molecule has 0 atom stereocenters. The number of nitrogens with one attached hydrogen (secondary N) is 2. The van der Waals surface area contributed by atoms with Crippen molar-refractivity contribution in [3.05, 3.63) is 34.9 Å². The Morgan fingerprint density at radius 3 is 2.50 bits per heavy atom. The summed E-state index contributed by atoms with van der Waals surface area (Å²) in [6, 6.07) is 6.50. The van der Waals surface area contributed by atoms with Gasteiger partial charge in [0.05, 0.1) is 23.7 Å². The van der Waals surface area contributed by atoms with Crippen molar-refractivity contribution < 1.29 is 19.1 Å². The van der Waals surface area contributed by atoms with Crippen LogP contribution < -0.4 is 10.6 Å². The van der Waals surface area contributed by atoms with E-state index in [0.29, 0.717) is 5.02 Å². The number of esters is 1. The molecular formula is C13H15ClN2O4. The molecular weight excluding hydrogens is 284 g/mol. The van der Waals surface area contributed by atoms with Gasteiger partial charge in [-0.25, -0.2) is 0 Å². The molecule has 0 aliphatic carbocycles. The molecule has 0 heterocycles. The van der Waals surface area contributed by atoms with Crippen molar-refractivity contribution in [2.24, 2.45) is 0 Å². The Kier molecular flexibility index (Phi) is 6.52. The van der Waals surface area contributed by atoms with Crippen LogP contribution in [0, 0.1) is 0 Å². The highest BCUT2D eigenvalue weighted by Gasteiger charge is 2.11. The Morgan fingerprint density at radius 1 is 1.15 bits per heavy atom. The molecule has 0 fully saturated rings. The third-order valence-electron chi connectivity index (χ3n) is 2.26. The van der Waals surface area contributed by atoms with Crippen molar-refractivity contribution in [3.8, 4) is 0 Å². The lowest BCUT2D eigenvalue weighted by molar-refractivity contribution is -0.143. The molecule has 0 saturated heterocycles. The smallest absolute Gasteiger partial charge is 0.325 e. The average Bonchev–Trinajstić information content (AvgIpc) is 2.43. The molecule has 0 unspecified atom stereocenters. The van der Waals surface area contributed by atoms with Crippen molar-refractivity contribution in [1.82, 2.24) is 10.6 Å². The Bertz CT molecular complexity index is 505. The van der Waals surface area contributed by atoms with E-state index in [1.54, 1.807) is 31.2 Å². The molecule has 2 amide bonds. The van der Waals surface area contributed by atoms with E-state index >= 15 is 0 Å². The maximum atomic E-state index is 11.7. The van der Waals surface area contributed by atoms with Gasteiger partial charge >= 0.3 is 5.97 Å². The van der Waals surface area contributed by atoms with Crippen LogP contribution in [0.4, 0.5) is 0 Å². The number of amides is 2. The highest BCUT2D eigenvalue weighted by molar-refractivity contribution is 6.33. The molecule has 108 valence electrons. The summed E-state index contributed by atoms with van der Waals surface area (Å²) in [5.41, 5.74) is 0.285. The van der Waals surface area contributed by atoms with E-state index in [9.17, 15) is 14.4 Å². The standard InChI is InChI=1S/C13H15ClN2O4/c1-2-20-12(18)8-15-11(17)7-16-13(19)9-5-3-4-6-10(9)14/h3-6H,2,7-8H2,1H3,(H,15,17)(H,16,19). The molecule has 2 N–H and O–H groups in total. The Labute approximate surface area is 121 Å². The van der Waals surface area contributed by atoms with E-state index in [4.69, 9.17) is 11.6 Å². The van der Waals surface area contributed by atoms with Crippen molar-refractivity contribution >= 4 is 29.4 Å². The highest BCUT2D eigenvalue weighted by Crippen LogP contribution is 2.14. The number of carbonyl (C=O) groups excluding carboxylic acids is 3. The van der Waals surface area contributed by atoms with Gasteiger partial charge in [0.2, 0.25) is 5.91 Å². The second-order valence-electron chi connectivity index (χ2n) is 3.74. The van der Waals surface area contributed by atoms with Gasteiger partial charge in [-0.15, -0.1) is 0 Å². The van der Waals surface area contributed by atoms with Gasteiger partial charge < -0.3 is 15.4 Å². The van der Waals surface area contributed by atoms with Gasteiger partial charge in [-0.3, -0.25) is 14.4 Å². The normalized spacial score (nSPS) is 9.70. The minimum atomic E-state index is -0.529. The van der Waals surface area contributed by atoms with Crippen LogP contribution in [0.3, 0.4) is 0 Å². The molecule has 0 saturated carbocycles. The molecule has 1 aromatic rings. The van der Waals surface area contributed by atoms with Crippen LogP contribution in [0.25, 0.3) is 0 Å². The maximum absolute atomic E-state index is 11.7. The average molecular weight is 299 g/mol. The van der Waals surface area contributed by atoms with Crippen molar-refractivity contribution in [3.63, 3.8) is 0 Å². The Balaban J connectivity index is 2.36. The third kappa shape index (κ3) is 5.27. The van der Waals surface area contributed by atoms with Crippen molar-refractivity contribution in [2.75, 3.05) is 19.7 Å². The van der Waals surface area contributed by atoms with E-state index in [1.165, 1.54) is 0 Å². The molecule has 0 radical (unpaired) electrons. The SMILES string of the molecule is CCOC(=O)CNC(=O)CNC(=O)c1ccccc1Cl. The molecule has 1 aromatic carbocycles. The quantitative estimate of drug-likeness (QED) is 0.759. The number of rotatable bonds is 6. The summed E-state index contributed by atoms with van der Waals surface area (Å²) in [5, 5.41) is 5.04. The van der Waals surface area contributed by atoms with Gasteiger partial charge in [0.15, 0.2) is 0 Å². The summed E-state index contributed by atoms with van der Waals surface area (Å²) in [7, 11) is 0. The largest absolute Gasteiger partial charge is 0.465 e. The number of carbonyl (C=O) groups is 3. The first-order valence-corrected chi connectivity index (χ1v) is 6.37. The minimum absolute atomic E-state index is 0.228. The Hall–Kier alpha value is -2.08. The lowest BCUT2D eigenvalue weighted by atomic mass is 10.2. The number of benzene rings is 1. The lowest BCUT2D eigenvalue weighted by Crippen LogP contribution is -2.39. The molecule has 0 spiro atoms. The number of hydrogen-bond donors (Lipinski definition) is 2. The van der Waals surface area contributed by atoms with Gasteiger partial charge in [-0.2, -0.15) is 0 Å².